The molecule has 0 saturated heterocycles. The second-order valence-electron chi connectivity index (χ2n) is 6.12. The van der Waals surface area contributed by atoms with E-state index in [2.05, 4.69) is 36.2 Å². The van der Waals surface area contributed by atoms with Gasteiger partial charge in [0.1, 0.15) is 5.75 Å². The molecule has 1 amide bonds. The standard InChI is InChI=1S/C20H19BrN4O4S/c1-3-25-18(15-10-13(21)6-9-16(15)26)23-24-20(25)30-11-17(27)22-14-7-4-12(5-8-14)19(28)29-2/h4-10,26H,3,11H2,1-2H3,(H,22,27). The summed E-state index contributed by atoms with van der Waals surface area (Å²) < 4.78 is 7.30. The lowest BCUT2D eigenvalue weighted by molar-refractivity contribution is -0.113. The first kappa shape index (κ1) is 21.8. The molecule has 156 valence electrons. The van der Waals surface area contributed by atoms with E-state index < -0.39 is 5.97 Å². The molecule has 2 aromatic carbocycles. The van der Waals surface area contributed by atoms with E-state index in [0.717, 1.165) is 4.47 Å². The quantitative estimate of drug-likeness (QED) is 0.381. The van der Waals surface area contributed by atoms with Gasteiger partial charge in [-0.2, -0.15) is 0 Å². The number of ether oxygens (including phenoxy) is 1. The second-order valence-corrected chi connectivity index (χ2v) is 7.98. The van der Waals surface area contributed by atoms with Crippen LogP contribution in [-0.4, -0.2) is 44.6 Å². The summed E-state index contributed by atoms with van der Waals surface area (Å²) in [6.07, 6.45) is 0. The predicted molar refractivity (Wildman–Crippen MR) is 118 cm³/mol. The summed E-state index contributed by atoms with van der Waals surface area (Å²) in [4.78, 5) is 23.8. The maximum atomic E-state index is 12.3. The predicted octanol–water partition coefficient (Wildman–Crippen LogP) is 3.95. The number of thioether (sulfide) groups is 1. The number of hydrogen-bond acceptors (Lipinski definition) is 7. The van der Waals surface area contributed by atoms with Crippen molar-refractivity contribution < 1.29 is 19.4 Å². The van der Waals surface area contributed by atoms with Crippen molar-refractivity contribution in [3.8, 4) is 17.1 Å². The Morgan fingerprint density at radius 2 is 1.93 bits per heavy atom. The lowest BCUT2D eigenvalue weighted by atomic mass is 10.2. The maximum absolute atomic E-state index is 12.3. The first-order valence-corrected chi connectivity index (χ1v) is 10.7. The number of carbonyl (C=O) groups excluding carboxylic acids is 2. The molecule has 0 saturated carbocycles. The number of halogens is 1. The van der Waals surface area contributed by atoms with E-state index in [4.69, 9.17) is 0 Å². The van der Waals surface area contributed by atoms with Crippen molar-refractivity contribution in [2.45, 2.75) is 18.6 Å². The van der Waals surface area contributed by atoms with Crippen LogP contribution in [0.4, 0.5) is 5.69 Å². The van der Waals surface area contributed by atoms with E-state index in [1.807, 2.05) is 11.5 Å². The number of hydrogen-bond donors (Lipinski definition) is 2. The molecule has 0 aliphatic carbocycles. The Kier molecular flexibility index (Phi) is 7.11. The van der Waals surface area contributed by atoms with Crippen LogP contribution in [0.5, 0.6) is 5.75 Å². The molecule has 3 rings (SSSR count). The molecule has 2 N–H and O–H groups in total. The van der Waals surface area contributed by atoms with Crippen molar-refractivity contribution in [2.75, 3.05) is 18.2 Å². The molecule has 8 nitrogen and oxygen atoms in total. The number of phenols is 1. The minimum atomic E-state index is -0.436. The molecule has 0 fully saturated rings. The molecule has 0 atom stereocenters. The van der Waals surface area contributed by atoms with Crippen LogP contribution < -0.4 is 5.32 Å². The Balaban J connectivity index is 1.67. The highest BCUT2D eigenvalue weighted by Crippen LogP contribution is 2.32. The zero-order valence-corrected chi connectivity index (χ0v) is 18.7. The van der Waals surface area contributed by atoms with Gasteiger partial charge in [0.15, 0.2) is 11.0 Å². The van der Waals surface area contributed by atoms with Gasteiger partial charge >= 0.3 is 5.97 Å². The first-order chi connectivity index (χ1) is 14.4. The highest BCUT2D eigenvalue weighted by molar-refractivity contribution is 9.10. The van der Waals surface area contributed by atoms with Crippen LogP contribution in [-0.2, 0) is 16.1 Å². The number of rotatable bonds is 7. The molecular formula is C20H19BrN4O4S. The van der Waals surface area contributed by atoms with Crippen molar-refractivity contribution in [1.82, 2.24) is 14.8 Å². The molecule has 1 heterocycles. The van der Waals surface area contributed by atoms with Crippen LogP contribution >= 0.6 is 27.7 Å². The van der Waals surface area contributed by atoms with E-state index >= 15 is 0 Å². The van der Waals surface area contributed by atoms with Gasteiger partial charge in [-0.1, -0.05) is 27.7 Å². The fraction of sp³-hybridized carbons (Fsp3) is 0.200. The fourth-order valence-corrected chi connectivity index (χ4v) is 3.87. The third kappa shape index (κ3) is 5.00. The summed E-state index contributed by atoms with van der Waals surface area (Å²) in [7, 11) is 1.31. The van der Waals surface area contributed by atoms with E-state index in [9.17, 15) is 14.7 Å². The molecule has 0 unspecified atom stereocenters. The van der Waals surface area contributed by atoms with Crippen molar-refractivity contribution in [3.63, 3.8) is 0 Å². The van der Waals surface area contributed by atoms with Gasteiger partial charge in [0.05, 0.1) is 24.0 Å². The molecule has 3 aromatic rings. The lowest BCUT2D eigenvalue weighted by Crippen LogP contribution is -2.15. The summed E-state index contributed by atoms with van der Waals surface area (Å²) >= 11 is 4.64. The number of nitrogens with one attached hydrogen (secondary N) is 1. The summed E-state index contributed by atoms with van der Waals surface area (Å²) in [6.45, 7) is 2.52. The highest BCUT2D eigenvalue weighted by atomic mass is 79.9. The normalized spacial score (nSPS) is 10.6. The van der Waals surface area contributed by atoms with Gasteiger partial charge in [-0.25, -0.2) is 4.79 Å². The molecule has 30 heavy (non-hydrogen) atoms. The van der Waals surface area contributed by atoms with Crippen LogP contribution in [0.25, 0.3) is 11.4 Å². The van der Waals surface area contributed by atoms with Gasteiger partial charge in [0.2, 0.25) is 5.91 Å². The van der Waals surface area contributed by atoms with Gasteiger partial charge in [0.25, 0.3) is 0 Å². The Morgan fingerprint density at radius 3 is 2.60 bits per heavy atom. The number of anilines is 1. The monoisotopic (exact) mass is 490 g/mol. The Morgan fingerprint density at radius 1 is 1.20 bits per heavy atom. The Hall–Kier alpha value is -2.85. The maximum Gasteiger partial charge on any atom is 0.337 e. The van der Waals surface area contributed by atoms with Crippen LogP contribution in [0.3, 0.4) is 0 Å². The number of phenolic OH excluding ortho intramolecular Hbond substituents is 1. The minimum Gasteiger partial charge on any atom is -0.507 e. The number of aromatic hydroxyl groups is 1. The van der Waals surface area contributed by atoms with Crippen LogP contribution in [0.2, 0.25) is 0 Å². The first-order valence-electron chi connectivity index (χ1n) is 8.96. The third-order valence-electron chi connectivity index (χ3n) is 4.15. The largest absolute Gasteiger partial charge is 0.507 e. The Labute approximate surface area is 185 Å². The molecular weight excluding hydrogens is 472 g/mol. The van der Waals surface area contributed by atoms with Crippen LogP contribution in [0, 0.1) is 0 Å². The van der Waals surface area contributed by atoms with Gasteiger partial charge < -0.3 is 19.7 Å². The van der Waals surface area contributed by atoms with Gasteiger partial charge in [-0.05, 0) is 49.4 Å². The number of nitrogens with zero attached hydrogens (tertiary/aromatic N) is 3. The molecule has 0 radical (unpaired) electrons. The van der Waals surface area contributed by atoms with Crippen LogP contribution in [0.15, 0.2) is 52.1 Å². The number of methoxy groups -OCH3 is 1. The van der Waals surface area contributed by atoms with E-state index in [0.29, 0.717) is 34.3 Å². The smallest absolute Gasteiger partial charge is 0.337 e. The zero-order valence-electron chi connectivity index (χ0n) is 16.3. The van der Waals surface area contributed by atoms with E-state index in [-0.39, 0.29) is 17.4 Å². The molecule has 0 spiro atoms. The molecule has 0 aliphatic heterocycles. The van der Waals surface area contributed by atoms with Gasteiger partial charge in [0, 0.05) is 16.7 Å². The van der Waals surface area contributed by atoms with Gasteiger partial charge in [-0.3, -0.25) is 4.79 Å². The lowest BCUT2D eigenvalue weighted by Gasteiger charge is -2.09. The summed E-state index contributed by atoms with van der Waals surface area (Å²) in [5, 5.41) is 21.9. The number of aromatic nitrogens is 3. The van der Waals surface area contributed by atoms with Gasteiger partial charge in [-0.15, -0.1) is 10.2 Å². The second kappa shape index (κ2) is 9.77. The molecule has 1 aromatic heterocycles. The van der Waals surface area contributed by atoms with E-state index in [1.54, 1.807) is 42.5 Å². The molecule has 0 bridgehead atoms. The molecule has 0 aliphatic rings. The summed E-state index contributed by atoms with van der Waals surface area (Å²) in [5.41, 5.74) is 1.54. The minimum absolute atomic E-state index is 0.102. The van der Waals surface area contributed by atoms with Crippen molar-refractivity contribution in [3.05, 3.63) is 52.5 Å². The van der Waals surface area contributed by atoms with E-state index in [1.165, 1.54) is 18.9 Å². The topological polar surface area (TPSA) is 106 Å². The molecule has 10 heteroatoms. The summed E-state index contributed by atoms with van der Waals surface area (Å²) in [5.74, 6) is 0.0991. The number of carbonyl (C=O) groups is 2. The van der Waals surface area contributed by atoms with Crippen LogP contribution in [0.1, 0.15) is 17.3 Å². The summed E-state index contributed by atoms with van der Waals surface area (Å²) in [6, 6.07) is 11.5. The number of esters is 1. The zero-order chi connectivity index (χ0) is 21.7. The average molecular weight is 491 g/mol. The Bertz CT molecular complexity index is 1070. The average Bonchev–Trinajstić information content (AvgIpc) is 3.16. The highest BCUT2D eigenvalue weighted by Gasteiger charge is 2.17. The number of amides is 1. The SMILES string of the molecule is CCn1c(SCC(=O)Nc2ccc(C(=O)OC)cc2)nnc1-c1cc(Br)ccc1O. The van der Waals surface area contributed by atoms with Crippen molar-refractivity contribution in [2.24, 2.45) is 0 Å². The third-order valence-corrected chi connectivity index (χ3v) is 5.61. The fourth-order valence-electron chi connectivity index (χ4n) is 2.70. The van der Waals surface area contributed by atoms with Crippen molar-refractivity contribution >= 4 is 45.3 Å². The van der Waals surface area contributed by atoms with Crippen molar-refractivity contribution in [1.29, 1.82) is 0 Å². The number of benzene rings is 2.